The van der Waals surface area contributed by atoms with E-state index in [2.05, 4.69) is 170 Å². The molecule has 248 valence electrons. The summed E-state index contributed by atoms with van der Waals surface area (Å²) in [4.78, 5) is 0. The van der Waals surface area contributed by atoms with Gasteiger partial charge in [-0.25, -0.2) is 0 Å². The Morgan fingerprint density at radius 3 is 1.26 bits per heavy atom. The summed E-state index contributed by atoms with van der Waals surface area (Å²) in [5.74, 6) is 0.591. The topological polar surface area (TPSA) is 0 Å². The average molecular weight is 593 g/mol. The van der Waals surface area contributed by atoms with Gasteiger partial charge in [0.05, 0.1) is 0 Å². The Kier molecular flexibility index (Phi) is 11.5. The third-order valence-corrected chi connectivity index (χ3v) is 13.0. The van der Waals surface area contributed by atoms with Crippen LogP contribution in [0.5, 0.6) is 0 Å². The molecule has 0 aliphatic carbocycles. The Morgan fingerprint density at radius 2 is 0.907 bits per heavy atom. The largest absolute Gasteiger partial charge is 0.100 e. The molecule has 0 saturated carbocycles. The maximum absolute atomic E-state index is 4.27. The van der Waals surface area contributed by atoms with Gasteiger partial charge in [0.15, 0.2) is 0 Å². The Balaban J connectivity index is 3.77. The van der Waals surface area contributed by atoms with Crippen LogP contribution in [0.3, 0.4) is 0 Å². The summed E-state index contributed by atoms with van der Waals surface area (Å²) in [5, 5.41) is 0. The SMILES string of the molecule is C=C(C)CC(C)C(C)(C)CC(C)(C)C(C)(C)c1cc(C(C)(C)C)cc(C(C)(C)C(C)(C)CC(C)(C)C(C)(C)CC(=C)C)c1. The van der Waals surface area contributed by atoms with Gasteiger partial charge in [-0.3, -0.25) is 0 Å². The number of allylic oxidation sites excluding steroid dienone is 2. The van der Waals surface area contributed by atoms with E-state index in [1.807, 2.05) is 0 Å². The minimum Gasteiger partial charge on any atom is -0.100 e. The number of hydrogen-bond donors (Lipinski definition) is 0. The van der Waals surface area contributed by atoms with Gasteiger partial charge in [0.25, 0.3) is 0 Å². The molecule has 0 amide bonds. The quantitative estimate of drug-likeness (QED) is 0.188. The second-order valence-electron chi connectivity index (χ2n) is 20.4. The molecule has 0 heterocycles. The van der Waals surface area contributed by atoms with Crippen molar-refractivity contribution < 1.29 is 0 Å². The highest BCUT2D eigenvalue weighted by Crippen LogP contribution is 2.56. The van der Waals surface area contributed by atoms with Crippen LogP contribution in [0, 0.1) is 33.0 Å². The first-order valence-corrected chi connectivity index (χ1v) is 17.2. The van der Waals surface area contributed by atoms with E-state index in [1.54, 1.807) is 0 Å². The van der Waals surface area contributed by atoms with Crippen molar-refractivity contribution in [1.29, 1.82) is 0 Å². The third-order valence-electron chi connectivity index (χ3n) is 13.0. The molecule has 1 aromatic carbocycles. The molecule has 0 nitrogen and oxygen atoms in total. The molecule has 0 aliphatic heterocycles. The van der Waals surface area contributed by atoms with Crippen LogP contribution in [0.2, 0.25) is 0 Å². The Morgan fingerprint density at radius 1 is 0.535 bits per heavy atom. The van der Waals surface area contributed by atoms with Gasteiger partial charge in [0, 0.05) is 0 Å². The molecule has 1 unspecified atom stereocenters. The fourth-order valence-electron chi connectivity index (χ4n) is 7.46. The molecular weight excluding hydrogens is 516 g/mol. The van der Waals surface area contributed by atoms with E-state index in [4.69, 9.17) is 0 Å². The summed E-state index contributed by atoms with van der Waals surface area (Å²) < 4.78 is 0. The van der Waals surface area contributed by atoms with Crippen LogP contribution in [0.4, 0.5) is 0 Å². The van der Waals surface area contributed by atoms with Gasteiger partial charge in [0.1, 0.15) is 0 Å². The van der Waals surface area contributed by atoms with Gasteiger partial charge in [-0.1, -0.05) is 154 Å². The van der Waals surface area contributed by atoms with Gasteiger partial charge < -0.3 is 0 Å². The molecule has 0 heteroatoms. The molecular formula is C43H76. The molecule has 1 atom stereocenters. The monoisotopic (exact) mass is 593 g/mol. The summed E-state index contributed by atoms with van der Waals surface area (Å²) in [6, 6.07) is 7.67. The van der Waals surface area contributed by atoms with Crippen molar-refractivity contribution in [2.45, 2.75) is 180 Å². The Labute approximate surface area is 272 Å². The maximum atomic E-state index is 4.27. The van der Waals surface area contributed by atoms with Crippen molar-refractivity contribution in [3.05, 3.63) is 59.2 Å². The number of benzene rings is 1. The Hall–Kier alpha value is -1.30. The fraction of sp³-hybridized carbons (Fsp3) is 0.767. The summed E-state index contributed by atoms with van der Waals surface area (Å²) >= 11 is 0. The van der Waals surface area contributed by atoms with Gasteiger partial charge in [-0.15, -0.1) is 13.2 Å². The first-order valence-electron chi connectivity index (χ1n) is 17.2. The van der Waals surface area contributed by atoms with Crippen molar-refractivity contribution in [2.24, 2.45) is 33.0 Å². The second kappa shape index (κ2) is 12.5. The predicted molar refractivity (Wildman–Crippen MR) is 197 cm³/mol. The smallest absolute Gasteiger partial charge is 0.00520 e. The van der Waals surface area contributed by atoms with Gasteiger partial charge >= 0.3 is 0 Å². The molecule has 1 aromatic rings. The number of hydrogen-bond acceptors (Lipinski definition) is 0. The molecule has 0 bridgehead atoms. The van der Waals surface area contributed by atoms with Crippen molar-refractivity contribution >= 4 is 0 Å². The first kappa shape index (κ1) is 39.7. The van der Waals surface area contributed by atoms with Crippen LogP contribution in [0.1, 0.15) is 181 Å². The fourth-order valence-corrected chi connectivity index (χ4v) is 7.46. The standard InChI is InChI=1S/C43H76/c1-30(2)23-32(5)37(9,10)28-40(15,16)42(19,20)34-24-33(36(6,7)8)25-35(26-34)43(21,22)41(17,18)29-39(13,14)38(11,12)27-31(3)4/h24-26,32H,1,3,23,27-29H2,2,4-22H3. The molecule has 0 radical (unpaired) electrons. The first-order chi connectivity index (χ1) is 18.7. The summed E-state index contributed by atoms with van der Waals surface area (Å²) in [6.45, 7) is 57.2. The highest BCUT2D eigenvalue weighted by Gasteiger charge is 2.48. The molecule has 0 saturated heterocycles. The van der Waals surface area contributed by atoms with E-state index in [-0.39, 0.29) is 43.3 Å². The Bertz CT molecular complexity index is 1130. The van der Waals surface area contributed by atoms with E-state index in [0.717, 1.165) is 25.7 Å². The highest BCUT2D eigenvalue weighted by molar-refractivity contribution is 5.42. The van der Waals surface area contributed by atoms with Crippen molar-refractivity contribution in [1.82, 2.24) is 0 Å². The summed E-state index contributed by atoms with van der Waals surface area (Å²) in [6.07, 6.45) is 4.46. The van der Waals surface area contributed by atoms with Crippen LogP contribution >= 0.6 is 0 Å². The molecule has 1 rings (SSSR count). The lowest BCUT2D eigenvalue weighted by Gasteiger charge is -2.52. The second-order valence-corrected chi connectivity index (χ2v) is 20.4. The van der Waals surface area contributed by atoms with Gasteiger partial charge in [-0.2, -0.15) is 0 Å². The third kappa shape index (κ3) is 8.91. The summed E-state index contributed by atoms with van der Waals surface area (Å²) in [5.41, 5.74) is 7.74. The predicted octanol–water partition coefficient (Wildman–Crippen LogP) is 14.0. The van der Waals surface area contributed by atoms with Crippen molar-refractivity contribution in [2.75, 3.05) is 0 Å². The highest BCUT2D eigenvalue weighted by atomic mass is 14.5. The van der Waals surface area contributed by atoms with Gasteiger partial charge in [0.2, 0.25) is 0 Å². The van der Waals surface area contributed by atoms with E-state index < -0.39 is 0 Å². The molecule has 0 fully saturated rings. The zero-order valence-corrected chi connectivity index (χ0v) is 33.1. The molecule has 43 heavy (non-hydrogen) atoms. The molecule has 0 spiro atoms. The summed E-state index contributed by atoms with van der Waals surface area (Å²) in [7, 11) is 0. The minimum absolute atomic E-state index is 0.00774. The van der Waals surface area contributed by atoms with E-state index in [9.17, 15) is 0 Å². The van der Waals surface area contributed by atoms with E-state index in [1.165, 1.54) is 27.8 Å². The van der Waals surface area contributed by atoms with Crippen molar-refractivity contribution in [3.63, 3.8) is 0 Å². The minimum atomic E-state index is -0.0188. The zero-order chi connectivity index (χ0) is 34.4. The molecule has 0 aromatic heterocycles. The van der Waals surface area contributed by atoms with Gasteiger partial charge in [-0.05, 0) is 105 Å². The molecule has 0 N–H and O–H groups in total. The van der Waals surface area contributed by atoms with E-state index >= 15 is 0 Å². The normalized spacial score (nSPS) is 15.4. The lowest BCUT2D eigenvalue weighted by atomic mass is 9.52. The van der Waals surface area contributed by atoms with Crippen LogP contribution in [-0.2, 0) is 16.2 Å². The lowest BCUT2D eigenvalue weighted by Crippen LogP contribution is -2.45. The molecule has 0 aliphatic rings. The van der Waals surface area contributed by atoms with Crippen LogP contribution in [0.15, 0.2) is 42.5 Å². The maximum Gasteiger partial charge on any atom is -0.00520 e. The van der Waals surface area contributed by atoms with Crippen LogP contribution in [-0.4, -0.2) is 0 Å². The van der Waals surface area contributed by atoms with Crippen LogP contribution in [0.25, 0.3) is 0 Å². The number of rotatable bonds is 14. The average Bonchev–Trinajstić information content (AvgIpc) is 2.75. The lowest BCUT2D eigenvalue weighted by molar-refractivity contribution is 0.0226. The van der Waals surface area contributed by atoms with Crippen LogP contribution < -0.4 is 0 Å². The zero-order valence-electron chi connectivity index (χ0n) is 33.1. The van der Waals surface area contributed by atoms with E-state index in [0.29, 0.717) is 5.92 Å². The van der Waals surface area contributed by atoms with Crippen molar-refractivity contribution in [3.8, 4) is 0 Å².